The number of hydrogen-bond acceptors (Lipinski definition) is 6. The molecule has 1 aromatic carbocycles. The average Bonchev–Trinajstić information content (AvgIpc) is 2.84. The Morgan fingerprint density at radius 2 is 1.83 bits per heavy atom. The molecule has 0 atom stereocenters. The minimum Gasteiger partial charge on any atom is -0.508 e. The van der Waals surface area contributed by atoms with Crippen LogP contribution in [0.4, 0.5) is 11.5 Å². The molecule has 1 fully saturated rings. The molecular weight excluding hydrogens is 446 g/mol. The molecule has 1 aromatic heterocycles. The second-order valence-corrected chi connectivity index (χ2v) is 9.47. The Morgan fingerprint density at radius 3 is 2.46 bits per heavy atom. The molecule has 35 heavy (non-hydrogen) atoms. The zero-order chi connectivity index (χ0) is 25.4. The third-order valence-corrected chi connectivity index (χ3v) is 6.81. The number of phenols is 1. The van der Waals surface area contributed by atoms with Crippen LogP contribution in [0.1, 0.15) is 57.9 Å². The van der Waals surface area contributed by atoms with Crippen molar-refractivity contribution >= 4 is 17.4 Å². The monoisotopic (exact) mass is 485 g/mol. The Balaban J connectivity index is 1.63. The van der Waals surface area contributed by atoms with Crippen LogP contribution < -0.4 is 21.9 Å². The van der Waals surface area contributed by atoms with Gasteiger partial charge in [0.05, 0.1) is 6.54 Å². The summed E-state index contributed by atoms with van der Waals surface area (Å²) in [6.07, 6.45) is 6.37. The molecule has 2 heterocycles. The number of unbranched alkanes of at least 4 members (excludes halogenated alkanes) is 1. The van der Waals surface area contributed by atoms with E-state index in [1.807, 2.05) is 26.0 Å². The van der Waals surface area contributed by atoms with Gasteiger partial charge < -0.3 is 15.7 Å². The summed E-state index contributed by atoms with van der Waals surface area (Å²) in [7, 11) is 0. The number of likely N-dealkylation sites (tertiary alicyclic amines) is 1. The molecule has 1 saturated heterocycles. The Labute approximate surface area is 206 Å². The molecule has 0 bridgehead atoms. The topological polar surface area (TPSA) is 125 Å². The lowest BCUT2D eigenvalue weighted by molar-refractivity contribution is -0.120. The van der Waals surface area contributed by atoms with E-state index in [1.165, 1.54) is 15.0 Å². The van der Waals surface area contributed by atoms with Crippen LogP contribution in [0.15, 0.2) is 33.9 Å². The summed E-state index contributed by atoms with van der Waals surface area (Å²) < 4.78 is 1.34. The molecule has 0 unspecified atom stereocenters. The first kappa shape index (κ1) is 26.5. The normalized spacial score (nSPS) is 14.8. The van der Waals surface area contributed by atoms with Crippen molar-refractivity contribution in [3.05, 3.63) is 50.7 Å². The Morgan fingerprint density at radius 1 is 1.14 bits per heavy atom. The van der Waals surface area contributed by atoms with E-state index in [9.17, 15) is 19.5 Å². The molecule has 1 amide bonds. The van der Waals surface area contributed by atoms with Crippen molar-refractivity contribution < 1.29 is 9.90 Å². The van der Waals surface area contributed by atoms with Crippen molar-refractivity contribution in [3.8, 4) is 5.75 Å². The van der Waals surface area contributed by atoms with E-state index in [0.29, 0.717) is 25.4 Å². The third-order valence-electron chi connectivity index (χ3n) is 6.81. The van der Waals surface area contributed by atoms with Gasteiger partial charge in [-0.25, -0.2) is 4.79 Å². The lowest BCUT2D eigenvalue weighted by Crippen LogP contribution is -2.47. The molecule has 4 N–H and O–H groups in total. The number of aromatic hydroxyl groups is 1. The molecule has 0 radical (unpaired) electrons. The van der Waals surface area contributed by atoms with Gasteiger partial charge in [-0.2, -0.15) is 0 Å². The number of rotatable bonds is 11. The quantitative estimate of drug-likeness (QED) is 0.449. The van der Waals surface area contributed by atoms with E-state index < -0.39 is 11.2 Å². The Kier molecular flexibility index (Phi) is 9.54. The van der Waals surface area contributed by atoms with Gasteiger partial charge in [-0.15, -0.1) is 0 Å². The fourth-order valence-corrected chi connectivity index (χ4v) is 4.70. The SMILES string of the molecule is CCCCN(C(=O)CN1CCC(CCc2ccc(O)cc2)CC1)c1c(N)n(CCC)c(=O)[nH]c1=O. The number of nitrogens with zero attached hydrogens (tertiary/aromatic N) is 3. The maximum atomic E-state index is 13.4. The molecule has 0 spiro atoms. The zero-order valence-corrected chi connectivity index (χ0v) is 21.0. The van der Waals surface area contributed by atoms with Crippen molar-refractivity contribution in [3.63, 3.8) is 0 Å². The molecule has 0 aliphatic carbocycles. The molecule has 1 aliphatic rings. The van der Waals surface area contributed by atoms with Crippen LogP contribution in [0.3, 0.4) is 0 Å². The van der Waals surface area contributed by atoms with Crippen LogP contribution in [0.2, 0.25) is 0 Å². The molecule has 9 nitrogen and oxygen atoms in total. The van der Waals surface area contributed by atoms with Crippen molar-refractivity contribution in [2.45, 2.75) is 65.3 Å². The van der Waals surface area contributed by atoms with Crippen molar-refractivity contribution in [2.75, 3.05) is 36.8 Å². The number of aryl methyl sites for hydroxylation is 1. The third kappa shape index (κ3) is 6.97. The number of aromatic amines is 1. The predicted octanol–water partition coefficient (Wildman–Crippen LogP) is 2.71. The fourth-order valence-electron chi connectivity index (χ4n) is 4.70. The first-order chi connectivity index (χ1) is 16.8. The summed E-state index contributed by atoms with van der Waals surface area (Å²) >= 11 is 0. The van der Waals surface area contributed by atoms with E-state index in [1.54, 1.807) is 12.1 Å². The van der Waals surface area contributed by atoms with Gasteiger partial charge in [0.25, 0.3) is 5.56 Å². The molecule has 2 aromatic rings. The van der Waals surface area contributed by atoms with Gasteiger partial charge in [0, 0.05) is 13.1 Å². The summed E-state index contributed by atoms with van der Waals surface area (Å²) in [5.41, 5.74) is 6.39. The first-order valence-electron chi connectivity index (χ1n) is 12.8. The smallest absolute Gasteiger partial charge is 0.330 e. The number of carbonyl (C=O) groups excluding carboxylic acids is 1. The second kappa shape index (κ2) is 12.6. The zero-order valence-electron chi connectivity index (χ0n) is 21.0. The summed E-state index contributed by atoms with van der Waals surface area (Å²) in [5.74, 6) is 0.771. The lowest BCUT2D eigenvalue weighted by atomic mass is 9.90. The highest BCUT2D eigenvalue weighted by molar-refractivity contribution is 5.96. The van der Waals surface area contributed by atoms with Crippen molar-refractivity contribution in [2.24, 2.45) is 5.92 Å². The molecule has 3 rings (SSSR count). The molecule has 9 heteroatoms. The van der Waals surface area contributed by atoms with E-state index in [-0.39, 0.29) is 29.7 Å². The van der Waals surface area contributed by atoms with Gasteiger partial charge in [-0.1, -0.05) is 32.4 Å². The Hall–Kier alpha value is -3.07. The molecule has 0 saturated carbocycles. The van der Waals surface area contributed by atoms with Crippen LogP contribution in [-0.4, -0.2) is 51.6 Å². The maximum Gasteiger partial charge on any atom is 0.330 e. The van der Waals surface area contributed by atoms with Crippen molar-refractivity contribution in [1.82, 2.24) is 14.5 Å². The molecule has 1 aliphatic heterocycles. The summed E-state index contributed by atoms with van der Waals surface area (Å²) in [4.78, 5) is 44.2. The first-order valence-corrected chi connectivity index (χ1v) is 12.8. The van der Waals surface area contributed by atoms with Crippen molar-refractivity contribution in [1.29, 1.82) is 0 Å². The number of aromatic nitrogens is 2. The summed E-state index contributed by atoms with van der Waals surface area (Å²) in [5, 5.41) is 9.44. The van der Waals surface area contributed by atoms with Gasteiger partial charge in [0.2, 0.25) is 5.91 Å². The van der Waals surface area contributed by atoms with Gasteiger partial charge in [-0.05, 0) is 75.2 Å². The van der Waals surface area contributed by atoms with Gasteiger partial charge in [0.1, 0.15) is 11.6 Å². The van der Waals surface area contributed by atoms with Crippen LogP contribution in [0, 0.1) is 5.92 Å². The molecular formula is C26H39N5O4. The maximum absolute atomic E-state index is 13.4. The number of nitrogens with two attached hydrogens (primary N) is 1. The Bertz CT molecular complexity index is 1080. The number of anilines is 2. The average molecular weight is 486 g/mol. The highest BCUT2D eigenvalue weighted by Gasteiger charge is 2.27. The van der Waals surface area contributed by atoms with Crippen LogP contribution in [-0.2, 0) is 17.8 Å². The van der Waals surface area contributed by atoms with E-state index in [2.05, 4.69) is 9.88 Å². The van der Waals surface area contributed by atoms with E-state index >= 15 is 0 Å². The number of H-pyrrole nitrogens is 1. The summed E-state index contributed by atoms with van der Waals surface area (Å²) in [6, 6.07) is 7.37. The fraction of sp³-hybridized carbons (Fsp3) is 0.577. The van der Waals surface area contributed by atoms with Gasteiger partial charge in [-0.3, -0.25) is 24.0 Å². The van der Waals surface area contributed by atoms with Gasteiger partial charge in [0.15, 0.2) is 5.69 Å². The number of phenolic OH excluding ortho intramolecular Hbond substituents is 1. The minimum absolute atomic E-state index is 0.0537. The van der Waals surface area contributed by atoms with E-state index in [4.69, 9.17) is 5.73 Å². The van der Waals surface area contributed by atoms with Crippen LogP contribution in [0.5, 0.6) is 5.75 Å². The number of nitrogen functional groups attached to an aromatic ring is 1. The second-order valence-electron chi connectivity index (χ2n) is 9.47. The van der Waals surface area contributed by atoms with E-state index in [0.717, 1.165) is 51.6 Å². The van der Waals surface area contributed by atoms with Crippen LogP contribution >= 0.6 is 0 Å². The summed E-state index contributed by atoms with van der Waals surface area (Å²) in [6.45, 7) is 6.59. The minimum atomic E-state index is -0.614. The largest absolute Gasteiger partial charge is 0.508 e. The van der Waals surface area contributed by atoms with Gasteiger partial charge >= 0.3 is 5.69 Å². The number of benzene rings is 1. The number of hydrogen-bond donors (Lipinski definition) is 3. The number of nitrogens with one attached hydrogen (secondary N) is 1. The lowest BCUT2D eigenvalue weighted by Gasteiger charge is -2.33. The predicted molar refractivity (Wildman–Crippen MR) is 139 cm³/mol. The highest BCUT2D eigenvalue weighted by Crippen LogP contribution is 2.24. The standard InChI is InChI=1S/C26H39N5O4/c1-3-5-15-30(23-24(27)31(14-4-2)26(35)28-25(23)34)22(33)18-29-16-12-20(13-17-29)7-6-19-8-10-21(32)11-9-19/h8-11,20,32H,3-7,12-18,27H2,1-2H3,(H,28,34,35). The number of amides is 1. The highest BCUT2D eigenvalue weighted by atomic mass is 16.3. The van der Waals surface area contributed by atoms with Crippen LogP contribution in [0.25, 0.3) is 0 Å². The number of carbonyl (C=O) groups is 1. The number of piperidine rings is 1. The molecule has 192 valence electrons.